The molecule has 1 aromatic rings. The molecular formula is C16H27NO2. The first-order valence-corrected chi connectivity index (χ1v) is 7.12. The van der Waals surface area contributed by atoms with Crippen LogP contribution in [-0.4, -0.2) is 40.0 Å². The van der Waals surface area contributed by atoms with Gasteiger partial charge in [0, 0.05) is 33.4 Å². The van der Waals surface area contributed by atoms with Gasteiger partial charge in [-0.15, -0.1) is 0 Å². The average Bonchev–Trinajstić information content (AvgIpc) is 2.41. The van der Waals surface area contributed by atoms with Crippen molar-refractivity contribution in [1.29, 1.82) is 0 Å². The Morgan fingerprint density at radius 1 is 1.26 bits per heavy atom. The summed E-state index contributed by atoms with van der Waals surface area (Å²) in [6.07, 6.45) is 1.05. The maximum atomic E-state index is 5.49. The first-order valence-electron chi connectivity index (χ1n) is 7.12. The Kier molecular flexibility index (Phi) is 8.47. The molecule has 0 radical (unpaired) electrons. The molecule has 1 unspecified atom stereocenters. The lowest BCUT2D eigenvalue weighted by atomic mass is 9.94. The van der Waals surface area contributed by atoms with E-state index in [0.29, 0.717) is 5.92 Å². The van der Waals surface area contributed by atoms with Crippen molar-refractivity contribution in [3.05, 3.63) is 35.4 Å². The fraction of sp³-hybridized carbons (Fsp3) is 0.625. The van der Waals surface area contributed by atoms with Crippen LogP contribution >= 0.6 is 0 Å². The Morgan fingerprint density at radius 2 is 2.11 bits per heavy atom. The van der Waals surface area contributed by atoms with Gasteiger partial charge in [0.15, 0.2) is 0 Å². The Bertz CT molecular complexity index is 341. The number of rotatable bonds is 10. The summed E-state index contributed by atoms with van der Waals surface area (Å²) in [6.45, 7) is 8.41. The molecule has 1 aromatic carbocycles. The topological polar surface area (TPSA) is 30.5 Å². The van der Waals surface area contributed by atoms with E-state index in [1.165, 1.54) is 11.1 Å². The fourth-order valence-corrected chi connectivity index (χ4v) is 2.13. The number of methoxy groups -OCH3 is 1. The molecule has 108 valence electrons. The van der Waals surface area contributed by atoms with Crippen LogP contribution in [0.25, 0.3) is 0 Å². The van der Waals surface area contributed by atoms with E-state index in [-0.39, 0.29) is 0 Å². The Balaban J connectivity index is 2.52. The van der Waals surface area contributed by atoms with Crippen LogP contribution in [0.15, 0.2) is 24.3 Å². The van der Waals surface area contributed by atoms with Crippen molar-refractivity contribution in [3.8, 4) is 0 Å². The number of aryl methyl sites for hydroxylation is 1. The third-order valence-corrected chi connectivity index (χ3v) is 3.20. The maximum Gasteiger partial charge on any atom is 0.0587 e. The highest BCUT2D eigenvalue weighted by molar-refractivity contribution is 5.25. The number of hydrogen-bond acceptors (Lipinski definition) is 3. The summed E-state index contributed by atoms with van der Waals surface area (Å²) in [5.41, 5.74) is 2.71. The quantitative estimate of drug-likeness (QED) is 0.660. The van der Waals surface area contributed by atoms with E-state index < -0.39 is 0 Å². The van der Waals surface area contributed by atoms with E-state index in [1.807, 2.05) is 6.92 Å². The van der Waals surface area contributed by atoms with Crippen molar-refractivity contribution < 1.29 is 9.47 Å². The van der Waals surface area contributed by atoms with Crippen LogP contribution in [0, 0.1) is 6.92 Å². The summed E-state index contributed by atoms with van der Waals surface area (Å²) in [5.74, 6) is 0.503. The number of hydrogen-bond donors (Lipinski definition) is 1. The molecule has 0 spiro atoms. The molecular weight excluding hydrogens is 238 g/mol. The largest absolute Gasteiger partial charge is 0.383 e. The van der Waals surface area contributed by atoms with Crippen molar-refractivity contribution in [1.82, 2.24) is 5.32 Å². The zero-order valence-electron chi connectivity index (χ0n) is 12.4. The van der Waals surface area contributed by atoms with Gasteiger partial charge in [0.05, 0.1) is 6.61 Å². The van der Waals surface area contributed by atoms with E-state index in [9.17, 15) is 0 Å². The molecule has 0 aromatic heterocycles. The van der Waals surface area contributed by atoms with E-state index >= 15 is 0 Å². The Labute approximate surface area is 117 Å². The summed E-state index contributed by atoms with van der Waals surface area (Å²) < 4.78 is 10.6. The summed E-state index contributed by atoms with van der Waals surface area (Å²) >= 11 is 0. The number of nitrogens with one attached hydrogen (secondary N) is 1. The van der Waals surface area contributed by atoms with Crippen LogP contribution in [0.4, 0.5) is 0 Å². The van der Waals surface area contributed by atoms with E-state index in [2.05, 4.69) is 36.5 Å². The van der Waals surface area contributed by atoms with Crippen LogP contribution in [-0.2, 0) is 9.47 Å². The molecule has 1 N–H and O–H groups in total. The number of benzene rings is 1. The van der Waals surface area contributed by atoms with Gasteiger partial charge >= 0.3 is 0 Å². The van der Waals surface area contributed by atoms with Gasteiger partial charge in [-0.1, -0.05) is 29.8 Å². The molecule has 3 nitrogen and oxygen atoms in total. The van der Waals surface area contributed by atoms with Gasteiger partial charge in [-0.25, -0.2) is 0 Å². The van der Waals surface area contributed by atoms with Gasteiger partial charge in [-0.05, 0) is 31.7 Å². The smallest absolute Gasteiger partial charge is 0.0587 e. The molecule has 0 aliphatic rings. The minimum absolute atomic E-state index is 0.503. The monoisotopic (exact) mass is 265 g/mol. The van der Waals surface area contributed by atoms with Crippen LogP contribution < -0.4 is 5.32 Å². The average molecular weight is 265 g/mol. The van der Waals surface area contributed by atoms with Gasteiger partial charge in [-0.3, -0.25) is 0 Å². The second-order valence-corrected chi connectivity index (χ2v) is 4.79. The van der Waals surface area contributed by atoms with Gasteiger partial charge < -0.3 is 14.8 Å². The standard InChI is InChI=1S/C16H27NO2/c1-4-19-10-8-16(13-17-9-11-18-3)15-7-5-6-14(2)12-15/h5-7,12,16-17H,4,8-11,13H2,1-3H3. The van der Waals surface area contributed by atoms with Crippen molar-refractivity contribution >= 4 is 0 Å². The second kappa shape index (κ2) is 9.96. The lowest BCUT2D eigenvalue weighted by molar-refractivity contribution is 0.138. The minimum Gasteiger partial charge on any atom is -0.383 e. The van der Waals surface area contributed by atoms with Crippen LogP contribution in [0.2, 0.25) is 0 Å². The highest BCUT2D eigenvalue weighted by Gasteiger charge is 2.11. The lowest BCUT2D eigenvalue weighted by Crippen LogP contribution is -2.26. The summed E-state index contributed by atoms with van der Waals surface area (Å²) in [4.78, 5) is 0. The molecule has 0 fully saturated rings. The van der Waals surface area contributed by atoms with Crippen molar-refractivity contribution in [2.24, 2.45) is 0 Å². The Morgan fingerprint density at radius 3 is 2.79 bits per heavy atom. The van der Waals surface area contributed by atoms with Crippen LogP contribution in [0.1, 0.15) is 30.4 Å². The molecule has 19 heavy (non-hydrogen) atoms. The number of ether oxygens (including phenoxy) is 2. The predicted octanol–water partition coefficient (Wildman–Crippen LogP) is 2.74. The summed E-state index contributed by atoms with van der Waals surface area (Å²) in [6, 6.07) is 8.76. The van der Waals surface area contributed by atoms with Crippen molar-refractivity contribution in [2.75, 3.05) is 40.0 Å². The normalized spacial score (nSPS) is 12.6. The summed E-state index contributed by atoms with van der Waals surface area (Å²) in [5, 5.41) is 3.45. The minimum atomic E-state index is 0.503. The highest BCUT2D eigenvalue weighted by Crippen LogP contribution is 2.20. The maximum absolute atomic E-state index is 5.49. The molecule has 0 bridgehead atoms. The first kappa shape index (κ1) is 16.2. The molecule has 0 aliphatic carbocycles. The van der Waals surface area contributed by atoms with Crippen molar-refractivity contribution in [2.45, 2.75) is 26.2 Å². The zero-order chi connectivity index (χ0) is 13.9. The molecule has 0 saturated carbocycles. The van der Waals surface area contributed by atoms with Gasteiger partial charge in [-0.2, -0.15) is 0 Å². The predicted molar refractivity (Wildman–Crippen MR) is 79.8 cm³/mol. The molecule has 3 heteroatoms. The van der Waals surface area contributed by atoms with E-state index in [4.69, 9.17) is 9.47 Å². The van der Waals surface area contributed by atoms with Crippen LogP contribution in [0.5, 0.6) is 0 Å². The van der Waals surface area contributed by atoms with Crippen molar-refractivity contribution in [3.63, 3.8) is 0 Å². The second-order valence-electron chi connectivity index (χ2n) is 4.79. The van der Waals surface area contributed by atoms with Gasteiger partial charge in [0.2, 0.25) is 0 Å². The third-order valence-electron chi connectivity index (χ3n) is 3.20. The molecule has 1 atom stereocenters. The highest BCUT2D eigenvalue weighted by atomic mass is 16.5. The zero-order valence-corrected chi connectivity index (χ0v) is 12.4. The van der Waals surface area contributed by atoms with Gasteiger partial charge in [0.25, 0.3) is 0 Å². The molecule has 0 amide bonds. The van der Waals surface area contributed by atoms with Gasteiger partial charge in [0.1, 0.15) is 0 Å². The molecule has 0 aliphatic heterocycles. The lowest BCUT2D eigenvalue weighted by Gasteiger charge is -2.18. The summed E-state index contributed by atoms with van der Waals surface area (Å²) in [7, 11) is 1.73. The third kappa shape index (κ3) is 6.71. The molecule has 1 rings (SSSR count). The first-order chi connectivity index (χ1) is 9.27. The van der Waals surface area contributed by atoms with E-state index in [1.54, 1.807) is 7.11 Å². The molecule has 0 heterocycles. The van der Waals surface area contributed by atoms with Crippen LogP contribution in [0.3, 0.4) is 0 Å². The fourth-order valence-electron chi connectivity index (χ4n) is 2.13. The SMILES string of the molecule is CCOCCC(CNCCOC)c1cccc(C)c1. The Hall–Kier alpha value is -0.900. The van der Waals surface area contributed by atoms with E-state index in [0.717, 1.165) is 39.3 Å². The molecule has 0 saturated heterocycles.